The second-order valence-electron chi connectivity index (χ2n) is 5.54. The number of carbonyl (C=O) groups excluding carboxylic acids is 2. The van der Waals surface area contributed by atoms with Crippen LogP contribution in [0.5, 0.6) is 0 Å². The van der Waals surface area contributed by atoms with Crippen LogP contribution in [0.2, 0.25) is 0 Å². The van der Waals surface area contributed by atoms with Crippen LogP contribution in [-0.4, -0.2) is 12.1 Å². The lowest BCUT2D eigenvalue weighted by atomic mass is 10.1. The Morgan fingerprint density at radius 3 is 1.48 bits per heavy atom. The molecule has 0 aromatic heterocycles. The normalized spacial score (nSPS) is 12.5. The van der Waals surface area contributed by atoms with Gasteiger partial charge in [0, 0.05) is 25.2 Å². The van der Waals surface area contributed by atoms with Crippen molar-refractivity contribution in [1.82, 2.24) is 10.6 Å². The number of rotatable bonds is 8. The van der Waals surface area contributed by atoms with Gasteiger partial charge in [-0.1, -0.05) is 27.7 Å². The molecule has 0 aromatic carbocycles. The van der Waals surface area contributed by atoms with E-state index in [4.69, 9.17) is 16.2 Å². The first-order chi connectivity index (χ1) is 9.70. The third-order valence-corrected chi connectivity index (χ3v) is 2.23. The highest BCUT2D eigenvalue weighted by atomic mass is 16.5. The minimum absolute atomic E-state index is 0.329. The van der Waals surface area contributed by atoms with Gasteiger partial charge in [-0.25, -0.2) is 9.59 Å². The van der Waals surface area contributed by atoms with Crippen LogP contribution in [0.1, 0.15) is 40.5 Å². The standard InChI is InChI=1S/C14H26N4O3/c1-9(2)5-11(7-17-13(15)19)21-12(6-10(3)4)8-18-14(16)20/h7-10H,5-6H2,1-4H3,(H3,15,17,19)(H3,16,18,20). The molecule has 21 heavy (non-hydrogen) atoms. The molecular formula is C14H26N4O3. The molecule has 0 atom stereocenters. The maximum absolute atomic E-state index is 10.8. The van der Waals surface area contributed by atoms with Crippen LogP contribution in [0.25, 0.3) is 0 Å². The number of allylic oxidation sites excluding steroid dienone is 2. The minimum atomic E-state index is -0.662. The summed E-state index contributed by atoms with van der Waals surface area (Å²) >= 11 is 0. The van der Waals surface area contributed by atoms with Crippen LogP contribution in [-0.2, 0) is 4.74 Å². The molecular weight excluding hydrogens is 272 g/mol. The van der Waals surface area contributed by atoms with Gasteiger partial charge in [0.05, 0.1) is 0 Å². The van der Waals surface area contributed by atoms with Crippen LogP contribution in [0.4, 0.5) is 9.59 Å². The number of amides is 4. The summed E-state index contributed by atoms with van der Waals surface area (Å²) in [6.45, 7) is 8.09. The molecule has 7 heteroatoms. The summed E-state index contributed by atoms with van der Waals surface area (Å²) in [6, 6.07) is -1.32. The maximum atomic E-state index is 10.8. The lowest BCUT2D eigenvalue weighted by Gasteiger charge is -2.16. The summed E-state index contributed by atoms with van der Waals surface area (Å²) in [5, 5.41) is 4.77. The predicted molar refractivity (Wildman–Crippen MR) is 81.6 cm³/mol. The van der Waals surface area contributed by atoms with Gasteiger partial charge in [0.1, 0.15) is 11.5 Å². The largest absolute Gasteiger partial charge is 0.463 e. The zero-order chi connectivity index (χ0) is 16.4. The molecule has 0 saturated carbocycles. The summed E-state index contributed by atoms with van der Waals surface area (Å²) in [5.74, 6) is 1.77. The third-order valence-electron chi connectivity index (χ3n) is 2.23. The zero-order valence-corrected chi connectivity index (χ0v) is 13.1. The molecule has 120 valence electrons. The molecule has 0 rings (SSSR count). The Kier molecular flexibility index (Phi) is 8.68. The van der Waals surface area contributed by atoms with Crippen molar-refractivity contribution < 1.29 is 14.3 Å². The molecule has 6 N–H and O–H groups in total. The lowest BCUT2D eigenvalue weighted by molar-refractivity contribution is 0.240. The van der Waals surface area contributed by atoms with Crippen LogP contribution in [0.3, 0.4) is 0 Å². The fourth-order valence-corrected chi connectivity index (χ4v) is 1.54. The molecule has 0 heterocycles. The fraction of sp³-hybridized carbons (Fsp3) is 0.571. The first kappa shape index (κ1) is 18.8. The van der Waals surface area contributed by atoms with Crippen molar-refractivity contribution in [2.75, 3.05) is 0 Å². The van der Waals surface area contributed by atoms with E-state index in [9.17, 15) is 9.59 Å². The number of carbonyl (C=O) groups is 2. The molecule has 0 aliphatic rings. The summed E-state index contributed by atoms with van der Waals surface area (Å²) in [5.41, 5.74) is 10.1. The molecule has 0 aliphatic carbocycles. The Hall–Kier alpha value is -2.18. The predicted octanol–water partition coefficient (Wildman–Crippen LogP) is 2.11. The van der Waals surface area contributed by atoms with Gasteiger partial charge in [0.2, 0.25) is 0 Å². The van der Waals surface area contributed by atoms with E-state index in [1.54, 1.807) is 0 Å². The van der Waals surface area contributed by atoms with Crippen molar-refractivity contribution >= 4 is 12.1 Å². The summed E-state index contributed by atoms with van der Waals surface area (Å²) in [7, 11) is 0. The average Bonchev–Trinajstić information content (AvgIpc) is 2.31. The van der Waals surface area contributed by atoms with E-state index in [1.165, 1.54) is 12.4 Å². The summed E-state index contributed by atoms with van der Waals surface area (Å²) in [6.07, 6.45) is 4.10. The summed E-state index contributed by atoms with van der Waals surface area (Å²) in [4.78, 5) is 21.6. The number of nitrogens with one attached hydrogen (secondary N) is 2. The highest BCUT2D eigenvalue weighted by Crippen LogP contribution is 2.19. The Morgan fingerprint density at radius 1 is 0.905 bits per heavy atom. The van der Waals surface area contributed by atoms with Gasteiger partial charge in [-0.3, -0.25) is 0 Å². The third kappa shape index (κ3) is 11.4. The Morgan fingerprint density at radius 2 is 1.24 bits per heavy atom. The van der Waals surface area contributed by atoms with Crippen molar-refractivity contribution in [2.24, 2.45) is 23.3 Å². The maximum Gasteiger partial charge on any atom is 0.316 e. The van der Waals surface area contributed by atoms with Crippen LogP contribution in [0.15, 0.2) is 23.9 Å². The van der Waals surface area contributed by atoms with Crippen molar-refractivity contribution in [3.05, 3.63) is 23.9 Å². The number of hydrogen-bond acceptors (Lipinski definition) is 3. The Bertz CT molecular complexity index is 376. The van der Waals surface area contributed by atoms with E-state index in [2.05, 4.69) is 10.6 Å². The van der Waals surface area contributed by atoms with E-state index in [0.717, 1.165) is 0 Å². The van der Waals surface area contributed by atoms with Crippen LogP contribution >= 0.6 is 0 Å². The molecule has 0 bridgehead atoms. The number of ether oxygens (including phenoxy) is 1. The lowest BCUT2D eigenvalue weighted by Crippen LogP contribution is -2.26. The van der Waals surface area contributed by atoms with Crippen LogP contribution in [0, 0.1) is 11.8 Å². The first-order valence-electron chi connectivity index (χ1n) is 6.88. The molecule has 0 spiro atoms. The molecule has 0 fully saturated rings. The minimum Gasteiger partial charge on any atom is -0.463 e. The molecule has 0 unspecified atom stereocenters. The van der Waals surface area contributed by atoms with Gasteiger partial charge in [-0.05, 0) is 11.8 Å². The number of urea groups is 2. The molecule has 0 saturated heterocycles. The molecule has 4 amide bonds. The second-order valence-corrected chi connectivity index (χ2v) is 5.54. The van der Waals surface area contributed by atoms with Gasteiger partial charge in [0.25, 0.3) is 0 Å². The van der Waals surface area contributed by atoms with E-state index in [1.807, 2.05) is 27.7 Å². The zero-order valence-electron chi connectivity index (χ0n) is 13.1. The smallest absolute Gasteiger partial charge is 0.316 e. The van der Waals surface area contributed by atoms with Gasteiger partial charge < -0.3 is 26.8 Å². The summed E-state index contributed by atoms with van der Waals surface area (Å²) < 4.78 is 5.75. The Balaban J connectivity index is 4.99. The second kappa shape index (κ2) is 9.68. The quantitative estimate of drug-likeness (QED) is 0.514. The topological polar surface area (TPSA) is 119 Å². The fourth-order valence-electron chi connectivity index (χ4n) is 1.54. The van der Waals surface area contributed by atoms with Gasteiger partial charge in [-0.15, -0.1) is 0 Å². The average molecular weight is 298 g/mol. The van der Waals surface area contributed by atoms with Crippen molar-refractivity contribution in [1.29, 1.82) is 0 Å². The van der Waals surface area contributed by atoms with Gasteiger partial charge in [0.15, 0.2) is 0 Å². The number of primary amides is 2. The van der Waals surface area contributed by atoms with E-state index < -0.39 is 12.1 Å². The van der Waals surface area contributed by atoms with Crippen molar-refractivity contribution in [3.8, 4) is 0 Å². The van der Waals surface area contributed by atoms with Crippen molar-refractivity contribution in [3.63, 3.8) is 0 Å². The Labute approximate surface area is 125 Å². The van der Waals surface area contributed by atoms with Crippen molar-refractivity contribution in [2.45, 2.75) is 40.5 Å². The van der Waals surface area contributed by atoms with E-state index in [-0.39, 0.29) is 0 Å². The van der Waals surface area contributed by atoms with E-state index >= 15 is 0 Å². The molecule has 7 nitrogen and oxygen atoms in total. The molecule has 0 aliphatic heterocycles. The van der Waals surface area contributed by atoms with Gasteiger partial charge >= 0.3 is 12.1 Å². The van der Waals surface area contributed by atoms with Gasteiger partial charge in [-0.2, -0.15) is 0 Å². The van der Waals surface area contributed by atoms with Crippen LogP contribution < -0.4 is 22.1 Å². The highest BCUT2D eigenvalue weighted by molar-refractivity contribution is 5.73. The molecule has 0 radical (unpaired) electrons. The number of nitrogens with two attached hydrogens (primary N) is 2. The monoisotopic (exact) mass is 298 g/mol. The first-order valence-corrected chi connectivity index (χ1v) is 6.88. The molecule has 0 aromatic rings. The van der Waals surface area contributed by atoms with E-state index in [0.29, 0.717) is 36.2 Å². The number of hydrogen-bond donors (Lipinski definition) is 4. The highest BCUT2D eigenvalue weighted by Gasteiger charge is 2.09. The SMILES string of the molecule is CC(C)CC(=CNC(N)=O)OC(=CNC(N)=O)CC(C)C.